The lowest BCUT2D eigenvalue weighted by Gasteiger charge is -2.29. The maximum atomic E-state index is 11.5. The first-order valence-corrected chi connectivity index (χ1v) is 8.23. The van der Waals surface area contributed by atoms with E-state index in [4.69, 9.17) is 0 Å². The number of fused-ring (bicyclic) bond motifs is 1. The Morgan fingerprint density at radius 1 is 1.43 bits per heavy atom. The van der Waals surface area contributed by atoms with E-state index in [0.717, 1.165) is 32.4 Å². The van der Waals surface area contributed by atoms with Gasteiger partial charge in [-0.15, -0.1) is 0 Å². The van der Waals surface area contributed by atoms with Crippen LogP contribution >= 0.6 is 11.3 Å². The Bertz CT molecular complexity index is 675. The van der Waals surface area contributed by atoms with Crippen LogP contribution in [0.3, 0.4) is 0 Å². The van der Waals surface area contributed by atoms with Crippen LogP contribution in [-0.4, -0.2) is 39.5 Å². The van der Waals surface area contributed by atoms with E-state index in [1.807, 2.05) is 5.38 Å². The third-order valence-electron chi connectivity index (χ3n) is 4.53. The molecule has 2 atom stereocenters. The minimum Gasteiger partial charge on any atom is -0.358 e. The third kappa shape index (κ3) is 2.01. The summed E-state index contributed by atoms with van der Waals surface area (Å²) in [4.78, 5) is 18.6. The van der Waals surface area contributed by atoms with E-state index in [2.05, 4.69) is 15.2 Å². The summed E-state index contributed by atoms with van der Waals surface area (Å²) in [6.07, 6.45) is 6.23. The molecule has 0 aromatic carbocycles. The highest BCUT2D eigenvalue weighted by molar-refractivity contribution is 7.15. The van der Waals surface area contributed by atoms with Crippen LogP contribution < -0.4 is 10.2 Å². The van der Waals surface area contributed by atoms with E-state index >= 15 is 0 Å². The van der Waals surface area contributed by atoms with Crippen molar-refractivity contribution in [1.29, 1.82) is 0 Å². The van der Waals surface area contributed by atoms with Crippen LogP contribution in [0.2, 0.25) is 0 Å². The second-order valence-corrected chi connectivity index (χ2v) is 6.55. The lowest BCUT2D eigenvalue weighted by atomic mass is 10.0. The van der Waals surface area contributed by atoms with Gasteiger partial charge < -0.3 is 20.3 Å². The fraction of sp³-hybridized carbons (Fsp3) is 0.615. The Labute approximate surface area is 125 Å². The topological polar surface area (TPSA) is 75.7 Å². The van der Waals surface area contributed by atoms with E-state index in [9.17, 15) is 10.1 Å². The van der Waals surface area contributed by atoms with Crippen molar-refractivity contribution in [1.82, 2.24) is 14.7 Å². The summed E-state index contributed by atoms with van der Waals surface area (Å²) >= 11 is 1.44. The Balaban J connectivity index is 1.76. The van der Waals surface area contributed by atoms with Crippen molar-refractivity contribution in [2.24, 2.45) is 0 Å². The molecule has 4 rings (SSSR count). The van der Waals surface area contributed by atoms with Crippen molar-refractivity contribution < 1.29 is 4.92 Å². The van der Waals surface area contributed by atoms with Crippen molar-refractivity contribution in [3.63, 3.8) is 0 Å². The van der Waals surface area contributed by atoms with E-state index in [-0.39, 0.29) is 10.7 Å². The van der Waals surface area contributed by atoms with Gasteiger partial charge in [-0.3, -0.25) is 0 Å². The van der Waals surface area contributed by atoms with Gasteiger partial charge in [-0.25, -0.2) is 0 Å². The Kier molecular flexibility index (Phi) is 3.07. The molecule has 1 N–H and O–H groups in total. The third-order valence-corrected chi connectivity index (χ3v) is 5.28. The molecule has 21 heavy (non-hydrogen) atoms. The van der Waals surface area contributed by atoms with Crippen molar-refractivity contribution in [3.05, 3.63) is 21.7 Å². The number of nitrogens with zero attached hydrogens (tertiary/aromatic N) is 4. The summed E-state index contributed by atoms with van der Waals surface area (Å²) in [6.45, 7) is 1.91. The van der Waals surface area contributed by atoms with Gasteiger partial charge in [0.2, 0.25) is 5.82 Å². The van der Waals surface area contributed by atoms with Crippen LogP contribution in [0, 0.1) is 10.1 Å². The molecule has 2 aliphatic heterocycles. The van der Waals surface area contributed by atoms with Gasteiger partial charge in [0, 0.05) is 24.0 Å². The molecule has 112 valence electrons. The molecule has 2 aromatic heterocycles. The molecule has 0 radical (unpaired) electrons. The number of anilines is 1. The summed E-state index contributed by atoms with van der Waals surface area (Å²) in [5, 5.41) is 16.9. The van der Waals surface area contributed by atoms with Gasteiger partial charge >= 0.3 is 5.82 Å². The van der Waals surface area contributed by atoms with Crippen molar-refractivity contribution in [2.45, 2.75) is 37.8 Å². The second-order valence-electron chi connectivity index (χ2n) is 5.68. The van der Waals surface area contributed by atoms with Gasteiger partial charge in [0.25, 0.3) is 4.96 Å². The highest BCUT2D eigenvalue weighted by Crippen LogP contribution is 2.36. The number of thiazole rings is 1. The monoisotopic (exact) mass is 307 g/mol. The zero-order valence-electron chi connectivity index (χ0n) is 11.6. The number of hydrogen-bond donors (Lipinski definition) is 1. The summed E-state index contributed by atoms with van der Waals surface area (Å²) < 4.78 is 1.59. The van der Waals surface area contributed by atoms with Gasteiger partial charge in [-0.2, -0.15) is 9.38 Å². The molecule has 0 amide bonds. The smallest absolute Gasteiger partial charge is 0.358 e. The van der Waals surface area contributed by atoms with E-state index in [0.29, 0.717) is 22.9 Å². The normalized spacial score (nSPS) is 26.0. The number of aromatic nitrogens is 2. The molecule has 0 aliphatic carbocycles. The molecule has 2 fully saturated rings. The van der Waals surface area contributed by atoms with E-state index < -0.39 is 0 Å². The van der Waals surface area contributed by atoms with Gasteiger partial charge in [-0.1, -0.05) is 11.3 Å². The summed E-state index contributed by atoms with van der Waals surface area (Å²) in [7, 11) is 0. The predicted molar refractivity (Wildman–Crippen MR) is 81.1 cm³/mol. The number of hydrogen-bond acceptors (Lipinski definition) is 6. The molecule has 4 heterocycles. The highest BCUT2D eigenvalue weighted by Gasteiger charge is 2.38. The summed E-state index contributed by atoms with van der Waals surface area (Å²) in [5.41, 5.74) is 0. The van der Waals surface area contributed by atoms with Gasteiger partial charge in [-0.05, 0) is 37.2 Å². The first-order valence-electron chi connectivity index (χ1n) is 7.35. The molecule has 0 saturated carbocycles. The van der Waals surface area contributed by atoms with Crippen LogP contribution in [0.5, 0.6) is 0 Å². The van der Waals surface area contributed by atoms with Crippen LogP contribution in [0.25, 0.3) is 4.96 Å². The van der Waals surface area contributed by atoms with Gasteiger partial charge in [0.15, 0.2) is 0 Å². The molecular formula is C13H17N5O2S. The van der Waals surface area contributed by atoms with Gasteiger partial charge in [0.05, 0.1) is 0 Å². The fourth-order valence-corrected chi connectivity index (χ4v) is 4.34. The average molecular weight is 307 g/mol. The second kappa shape index (κ2) is 4.96. The number of imidazole rings is 1. The number of rotatable bonds is 3. The zero-order valence-corrected chi connectivity index (χ0v) is 12.4. The minimum absolute atomic E-state index is 0.108. The maximum absolute atomic E-state index is 11.5. The molecule has 8 heteroatoms. The molecule has 0 spiro atoms. The fourth-order valence-electron chi connectivity index (χ4n) is 3.64. The first-order chi connectivity index (χ1) is 10.3. The van der Waals surface area contributed by atoms with Crippen LogP contribution in [-0.2, 0) is 0 Å². The molecule has 0 bridgehead atoms. The molecule has 2 aromatic rings. The first kappa shape index (κ1) is 13.0. The Hall–Kier alpha value is -1.67. The van der Waals surface area contributed by atoms with Crippen molar-refractivity contribution in [2.75, 3.05) is 18.0 Å². The minimum atomic E-state index is -0.306. The highest BCUT2D eigenvalue weighted by atomic mass is 32.1. The molecule has 2 unspecified atom stereocenters. The molecule has 7 nitrogen and oxygen atoms in total. The average Bonchev–Trinajstić information content (AvgIpc) is 3.21. The summed E-state index contributed by atoms with van der Waals surface area (Å²) in [6, 6.07) is 0.766. The molecule has 2 saturated heterocycles. The van der Waals surface area contributed by atoms with Gasteiger partial charge in [0.1, 0.15) is 6.20 Å². The summed E-state index contributed by atoms with van der Waals surface area (Å²) in [5.74, 6) is 0.652. The maximum Gasteiger partial charge on any atom is 0.373 e. The van der Waals surface area contributed by atoms with Crippen molar-refractivity contribution >= 4 is 27.9 Å². The van der Waals surface area contributed by atoms with Crippen molar-refractivity contribution in [3.8, 4) is 0 Å². The van der Waals surface area contributed by atoms with Crippen LogP contribution in [0.15, 0.2) is 11.6 Å². The van der Waals surface area contributed by atoms with Crippen LogP contribution in [0.1, 0.15) is 25.7 Å². The Morgan fingerprint density at radius 2 is 2.33 bits per heavy atom. The SMILES string of the molecule is O=[N+]([O-])c1c(N2CCCC2C2CCCN2)nc2sccn12. The van der Waals surface area contributed by atoms with E-state index in [1.165, 1.54) is 17.8 Å². The lowest BCUT2D eigenvalue weighted by molar-refractivity contribution is -0.389. The lowest BCUT2D eigenvalue weighted by Crippen LogP contribution is -2.44. The largest absolute Gasteiger partial charge is 0.373 e. The van der Waals surface area contributed by atoms with E-state index in [1.54, 1.807) is 10.6 Å². The number of nitro groups is 1. The van der Waals surface area contributed by atoms with Crippen LogP contribution in [0.4, 0.5) is 11.6 Å². The number of nitrogens with one attached hydrogen (secondary N) is 1. The quantitative estimate of drug-likeness (QED) is 0.693. The molecule has 2 aliphatic rings. The zero-order chi connectivity index (χ0) is 14.4. The Morgan fingerprint density at radius 3 is 3.10 bits per heavy atom. The molecular weight excluding hydrogens is 290 g/mol. The predicted octanol–water partition coefficient (Wildman–Crippen LogP) is 2.02. The standard InChI is InChI=1S/C13H17N5O2S/c19-18(20)12-11(15-13-17(12)7-8-21-13)16-6-2-4-10(16)9-3-1-5-14-9/h7-10,14H,1-6H2.